The predicted octanol–water partition coefficient (Wildman–Crippen LogP) is 4.48. The van der Waals surface area contributed by atoms with Crippen LogP contribution in [-0.4, -0.2) is 4.99 Å². The number of nitrogens with one attached hydrogen (secondary N) is 1. The summed E-state index contributed by atoms with van der Waals surface area (Å²) < 4.78 is 1.01. The maximum atomic E-state index is 6.11. The third-order valence-electron chi connectivity index (χ3n) is 2.35. The van der Waals surface area contributed by atoms with E-state index in [0.717, 1.165) is 15.8 Å². The molecule has 0 heterocycles. The zero-order valence-electron chi connectivity index (χ0n) is 9.28. The van der Waals surface area contributed by atoms with E-state index in [4.69, 9.17) is 29.6 Å². The Morgan fingerprint density at radius 3 is 2.50 bits per heavy atom. The molecule has 2 rings (SSSR count). The molecule has 92 valence electrons. The minimum atomic E-state index is 0.300. The average Bonchev–Trinajstić information content (AvgIpc) is 2.28. The van der Waals surface area contributed by atoms with Gasteiger partial charge < -0.3 is 11.1 Å². The quantitative estimate of drug-likeness (QED) is 0.808. The smallest absolute Gasteiger partial charge is 0.105 e. The Bertz CT molecular complexity index is 601. The second kappa shape index (κ2) is 5.69. The first-order chi connectivity index (χ1) is 8.56. The van der Waals surface area contributed by atoms with E-state index in [0.29, 0.717) is 15.6 Å². The van der Waals surface area contributed by atoms with Gasteiger partial charge in [-0.2, -0.15) is 0 Å². The predicted molar refractivity (Wildman–Crippen MR) is 84.8 cm³/mol. The van der Waals surface area contributed by atoms with E-state index in [1.807, 2.05) is 36.4 Å². The van der Waals surface area contributed by atoms with Crippen LogP contribution in [0.5, 0.6) is 0 Å². The summed E-state index contributed by atoms with van der Waals surface area (Å²) in [5.41, 5.74) is 8.11. The highest BCUT2D eigenvalue weighted by atomic mass is 79.9. The lowest BCUT2D eigenvalue weighted by molar-refractivity contribution is 1.52. The van der Waals surface area contributed by atoms with Crippen LogP contribution < -0.4 is 11.1 Å². The molecule has 18 heavy (non-hydrogen) atoms. The highest BCUT2D eigenvalue weighted by Crippen LogP contribution is 2.25. The molecule has 0 aliphatic rings. The van der Waals surface area contributed by atoms with Gasteiger partial charge in [0.05, 0.1) is 5.02 Å². The molecule has 2 aromatic carbocycles. The van der Waals surface area contributed by atoms with Crippen LogP contribution in [0.3, 0.4) is 0 Å². The molecular formula is C13H10BrClN2S. The van der Waals surface area contributed by atoms with Gasteiger partial charge in [-0.15, -0.1) is 0 Å². The Morgan fingerprint density at radius 2 is 1.89 bits per heavy atom. The molecule has 2 nitrogen and oxygen atoms in total. The molecule has 0 radical (unpaired) electrons. The van der Waals surface area contributed by atoms with E-state index in [1.54, 1.807) is 6.07 Å². The molecule has 0 saturated heterocycles. The molecule has 0 atom stereocenters. The fraction of sp³-hybridized carbons (Fsp3) is 0. The normalized spacial score (nSPS) is 10.1. The van der Waals surface area contributed by atoms with Crippen LogP contribution in [0, 0.1) is 0 Å². The Hall–Kier alpha value is -1.10. The summed E-state index contributed by atoms with van der Waals surface area (Å²) >= 11 is 14.4. The lowest BCUT2D eigenvalue weighted by Gasteiger charge is -2.09. The number of hydrogen-bond donors (Lipinski definition) is 2. The highest BCUT2D eigenvalue weighted by molar-refractivity contribution is 9.10. The summed E-state index contributed by atoms with van der Waals surface area (Å²) in [5, 5.41) is 3.80. The van der Waals surface area contributed by atoms with Crippen LogP contribution >= 0.6 is 39.7 Å². The van der Waals surface area contributed by atoms with Gasteiger partial charge in [0, 0.05) is 21.4 Å². The molecule has 0 aliphatic carbocycles. The first kappa shape index (κ1) is 13.3. The topological polar surface area (TPSA) is 38.0 Å². The average molecular weight is 342 g/mol. The third-order valence-corrected chi connectivity index (χ3v) is 3.37. The summed E-state index contributed by atoms with van der Waals surface area (Å²) in [5.74, 6) is 0. The fourth-order valence-corrected chi connectivity index (χ4v) is 2.44. The van der Waals surface area contributed by atoms with Gasteiger partial charge in [0.15, 0.2) is 0 Å². The van der Waals surface area contributed by atoms with Gasteiger partial charge in [-0.1, -0.05) is 45.8 Å². The maximum absolute atomic E-state index is 6.11. The van der Waals surface area contributed by atoms with Crippen molar-refractivity contribution in [2.75, 3.05) is 5.32 Å². The molecule has 0 spiro atoms. The van der Waals surface area contributed by atoms with Gasteiger partial charge >= 0.3 is 0 Å². The first-order valence-electron chi connectivity index (χ1n) is 5.18. The molecule has 0 unspecified atom stereocenters. The van der Waals surface area contributed by atoms with Crippen LogP contribution in [0.15, 0.2) is 46.9 Å². The van der Waals surface area contributed by atoms with E-state index in [9.17, 15) is 0 Å². The first-order valence-corrected chi connectivity index (χ1v) is 6.76. The zero-order chi connectivity index (χ0) is 13.1. The maximum Gasteiger partial charge on any atom is 0.105 e. The highest BCUT2D eigenvalue weighted by Gasteiger charge is 2.04. The van der Waals surface area contributed by atoms with Gasteiger partial charge in [-0.05, 0) is 36.4 Å². The van der Waals surface area contributed by atoms with Crippen molar-refractivity contribution >= 4 is 56.1 Å². The third kappa shape index (κ3) is 3.22. The van der Waals surface area contributed by atoms with Crippen LogP contribution in [0.25, 0.3) is 0 Å². The molecular weight excluding hydrogens is 332 g/mol. The van der Waals surface area contributed by atoms with Crippen molar-refractivity contribution in [2.24, 2.45) is 5.73 Å². The molecule has 0 aliphatic heterocycles. The van der Waals surface area contributed by atoms with Crippen LogP contribution in [0.1, 0.15) is 5.56 Å². The van der Waals surface area contributed by atoms with E-state index in [1.165, 1.54) is 0 Å². The minimum absolute atomic E-state index is 0.300. The summed E-state index contributed by atoms with van der Waals surface area (Å²) in [6, 6.07) is 13.4. The number of hydrogen-bond acceptors (Lipinski definition) is 2. The molecule has 0 aromatic heterocycles. The molecule has 3 N–H and O–H groups in total. The van der Waals surface area contributed by atoms with Crippen molar-refractivity contribution in [2.45, 2.75) is 0 Å². The standard InChI is InChI=1S/C13H10BrClN2S/c14-8-2-1-3-9(6-8)17-10-4-5-11(13(16)18)12(15)7-10/h1-7,17H,(H2,16,18). The van der Waals surface area contributed by atoms with Gasteiger partial charge in [0.1, 0.15) is 4.99 Å². The minimum Gasteiger partial charge on any atom is -0.389 e. The van der Waals surface area contributed by atoms with Crippen LogP contribution in [0.4, 0.5) is 11.4 Å². The van der Waals surface area contributed by atoms with Gasteiger partial charge in [-0.25, -0.2) is 0 Å². The Morgan fingerprint density at radius 1 is 1.17 bits per heavy atom. The lowest BCUT2D eigenvalue weighted by Crippen LogP contribution is -2.09. The van der Waals surface area contributed by atoms with E-state index in [2.05, 4.69) is 21.2 Å². The van der Waals surface area contributed by atoms with Crippen LogP contribution in [-0.2, 0) is 0 Å². The zero-order valence-corrected chi connectivity index (χ0v) is 12.4. The van der Waals surface area contributed by atoms with E-state index >= 15 is 0 Å². The number of thiocarbonyl (C=S) groups is 1. The SMILES string of the molecule is NC(=S)c1ccc(Nc2cccc(Br)c2)cc1Cl. The molecule has 0 fully saturated rings. The number of nitrogens with two attached hydrogens (primary N) is 1. The summed E-state index contributed by atoms with van der Waals surface area (Å²) in [6.07, 6.45) is 0. The second-order valence-electron chi connectivity index (χ2n) is 3.69. The van der Waals surface area contributed by atoms with Crippen molar-refractivity contribution in [3.63, 3.8) is 0 Å². The van der Waals surface area contributed by atoms with Crippen molar-refractivity contribution in [3.8, 4) is 0 Å². The van der Waals surface area contributed by atoms with Gasteiger partial charge in [0.25, 0.3) is 0 Å². The largest absolute Gasteiger partial charge is 0.389 e. The van der Waals surface area contributed by atoms with E-state index in [-0.39, 0.29) is 0 Å². The van der Waals surface area contributed by atoms with Crippen LogP contribution in [0.2, 0.25) is 5.02 Å². The fourth-order valence-electron chi connectivity index (χ4n) is 1.53. The van der Waals surface area contributed by atoms with E-state index < -0.39 is 0 Å². The summed E-state index contributed by atoms with van der Waals surface area (Å²) in [6.45, 7) is 0. The summed E-state index contributed by atoms with van der Waals surface area (Å²) in [4.78, 5) is 0.300. The molecule has 0 amide bonds. The van der Waals surface area contributed by atoms with Crippen molar-refractivity contribution in [3.05, 3.63) is 57.5 Å². The molecule has 5 heteroatoms. The molecule has 0 bridgehead atoms. The van der Waals surface area contributed by atoms with Crippen molar-refractivity contribution < 1.29 is 0 Å². The Balaban J connectivity index is 2.25. The second-order valence-corrected chi connectivity index (χ2v) is 5.46. The van der Waals surface area contributed by atoms with Crippen molar-refractivity contribution in [1.29, 1.82) is 0 Å². The van der Waals surface area contributed by atoms with Crippen molar-refractivity contribution in [1.82, 2.24) is 0 Å². The molecule has 0 saturated carbocycles. The number of benzene rings is 2. The molecule has 2 aromatic rings. The van der Waals surface area contributed by atoms with Gasteiger partial charge in [0.2, 0.25) is 0 Å². The monoisotopic (exact) mass is 340 g/mol. The number of anilines is 2. The Kier molecular flexibility index (Phi) is 4.22. The Labute approximate surface area is 124 Å². The van der Waals surface area contributed by atoms with Gasteiger partial charge in [-0.3, -0.25) is 0 Å². The number of halogens is 2. The summed E-state index contributed by atoms with van der Waals surface area (Å²) in [7, 11) is 0. The lowest BCUT2D eigenvalue weighted by atomic mass is 10.2. The number of rotatable bonds is 3.